The summed E-state index contributed by atoms with van der Waals surface area (Å²) in [5, 5.41) is 8.83. The zero-order valence-electron chi connectivity index (χ0n) is 7.44. The van der Waals surface area contributed by atoms with Gasteiger partial charge in [0.25, 0.3) is 0 Å². The van der Waals surface area contributed by atoms with Gasteiger partial charge in [-0.3, -0.25) is 4.98 Å². The van der Waals surface area contributed by atoms with Crippen LogP contribution in [0.5, 0.6) is 0 Å². The molecule has 0 saturated carbocycles. The van der Waals surface area contributed by atoms with Crippen LogP contribution >= 0.6 is 11.3 Å². The highest BCUT2D eigenvalue weighted by Crippen LogP contribution is 2.24. The monoisotopic (exact) mass is 208 g/mol. The van der Waals surface area contributed by atoms with Crippen LogP contribution in [0.1, 0.15) is 16.1 Å². The molecule has 0 amide bonds. The van der Waals surface area contributed by atoms with E-state index in [0.717, 1.165) is 16.1 Å². The highest BCUT2D eigenvalue weighted by molar-refractivity contribution is 7.13. The second-order valence-electron chi connectivity index (χ2n) is 2.91. The summed E-state index contributed by atoms with van der Waals surface area (Å²) < 4.78 is 0. The first-order valence-electron chi connectivity index (χ1n) is 4.00. The number of hydrogen-bond acceptors (Lipinski definition) is 3. The molecule has 0 radical (unpaired) electrons. The van der Waals surface area contributed by atoms with Crippen molar-refractivity contribution in [2.45, 2.75) is 6.92 Å². The molecule has 0 spiro atoms. The zero-order chi connectivity index (χ0) is 10.1. The summed E-state index contributed by atoms with van der Waals surface area (Å²) >= 11 is 1.47. The maximum absolute atomic E-state index is 10.8. The molecule has 2 aromatic rings. The predicted molar refractivity (Wildman–Crippen MR) is 53.6 cm³/mol. The van der Waals surface area contributed by atoms with Crippen molar-refractivity contribution in [2.75, 3.05) is 0 Å². The molecule has 72 valence electrons. The molecule has 5 heteroatoms. The number of aromatic carboxylic acids is 1. The van der Waals surface area contributed by atoms with E-state index in [1.54, 1.807) is 18.6 Å². The van der Waals surface area contributed by atoms with E-state index in [0.29, 0.717) is 0 Å². The lowest BCUT2D eigenvalue weighted by atomic mass is 10.2. The zero-order valence-corrected chi connectivity index (χ0v) is 8.26. The standard InChI is InChI=1S/C9H8N2O2S/c1-5-2-6(7-3-10-4-14-7)11-8(5)9(12)13/h2-4,11H,1H3,(H,12,13). The molecule has 0 fully saturated rings. The Morgan fingerprint density at radius 2 is 2.43 bits per heavy atom. The Balaban J connectivity index is 2.48. The fraction of sp³-hybridized carbons (Fsp3) is 0.111. The molecule has 0 bridgehead atoms. The van der Waals surface area contributed by atoms with Crippen molar-refractivity contribution in [1.29, 1.82) is 0 Å². The molecular weight excluding hydrogens is 200 g/mol. The number of hydrogen-bond donors (Lipinski definition) is 2. The molecule has 2 heterocycles. The van der Waals surface area contributed by atoms with Crippen LogP contribution in [0.4, 0.5) is 0 Å². The van der Waals surface area contributed by atoms with E-state index in [1.807, 2.05) is 6.07 Å². The van der Waals surface area contributed by atoms with Gasteiger partial charge in [-0.1, -0.05) is 0 Å². The molecule has 0 unspecified atom stereocenters. The molecule has 2 N–H and O–H groups in total. The third-order valence-electron chi connectivity index (χ3n) is 1.93. The molecule has 0 aliphatic heterocycles. The molecule has 0 aliphatic rings. The fourth-order valence-electron chi connectivity index (χ4n) is 1.26. The van der Waals surface area contributed by atoms with Crippen molar-refractivity contribution in [3.05, 3.63) is 29.0 Å². The molecule has 0 aromatic carbocycles. The van der Waals surface area contributed by atoms with Gasteiger partial charge in [0.2, 0.25) is 0 Å². The number of carbonyl (C=O) groups is 1. The molecule has 4 nitrogen and oxygen atoms in total. The Morgan fingerprint density at radius 3 is 2.93 bits per heavy atom. The first-order valence-corrected chi connectivity index (χ1v) is 4.88. The number of carboxylic acids is 1. The van der Waals surface area contributed by atoms with Crippen molar-refractivity contribution in [3.63, 3.8) is 0 Å². The van der Waals surface area contributed by atoms with Crippen molar-refractivity contribution in [3.8, 4) is 10.6 Å². The van der Waals surface area contributed by atoms with Gasteiger partial charge in [-0.2, -0.15) is 0 Å². The highest BCUT2D eigenvalue weighted by Gasteiger charge is 2.12. The average molecular weight is 208 g/mol. The largest absolute Gasteiger partial charge is 0.477 e. The van der Waals surface area contributed by atoms with E-state index < -0.39 is 5.97 Å². The average Bonchev–Trinajstić information content (AvgIpc) is 2.70. The number of nitrogens with zero attached hydrogens (tertiary/aromatic N) is 1. The van der Waals surface area contributed by atoms with Crippen LogP contribution in [0, 0.1) is 6.92 Å². The number of aryl methyl sites for hydroxylation is 1. The summed E-state index contributed by atoms with van der Waals surface area (Å²) in [6.07, 6.45) is 1.71. The van der Waals surface area contributed by atoms with Gasteiger partial charge in [0, 0.05) is 6.20 Å². The Bertz CT molecular complexity index is 459. The van der Waals surface area contributed by atoms with Crippen LogP contribution in [-0.4, -0.2) is 21.0 Å². The molecule has 14 heavy (non-hydrogen) atoms. The van der Waals surface area contributed by atoms with Gasteiger partial charge in [-0.25, -0.2) is 4.79 Å². The molecule has 2 aromatic heterocycles. The minimum Gasteiger partial charge on any atom is -0.477 e. The van der Waals surface area contributed by atoms with Crippen molar-refractivity contribution < 1.29 is 9.90 Å². The Kier molecular flexibility index (Phi) is 2.09. The van der Waals surface area contributed by atoms with Crippen LogP contribution in [0.25, 0.3) is 10.6 Å². The molecular formula is C9H8N2O2S. The fourth-order valence-corrected chi connectivity index (χ4v) is 1.86. The summed E-state index contributed by atoms with van der Waals surface area (Å²) in [6, 6.07) is 1.82. The van der Waals surface area contributed by atoms with E-state index in [9.17, 15) is 4.79 Å². The third kappa shape index (κ3) is 1.42. The topological polar surface area (TPSA) is 66.0 Å². The Labute approximate surface area is 84.2 Å². The summed E-state index contributed by atoms with van der Waals surface area (Å²) in [5.41, 5.74) is 3.50. The highest BCUT2D eigenvalue weighted by atomic mass is 32.1. The van der Waals surface area contributed by atoms with Gasteiger partial charge in [0.15, 0.2) is 0 Å². The minimum atomic E-state index is -0.932. The lowest BCUT2D eigenvalue weighted by Gasteiger charge is -1.90. The lowest BCUT2D eigenvalue weighted by molar-refractivity contribution is 0.0690. The molecule has 0 atom stereocenters. The summed E-state index contributed by atoms with van der Waals surface area (Å²) in [5.74, 6) is -0.932. The number of thiazole rings is 1. The SMILES string of the molecule is Cc1cc(-c2cncs2)[nH]c1C(=O)O. The number of aromatic nitrogens is 2. The van der Waals surface area contributed by atoms with Gasteiger partial charge in [0.05, 0.1) is 16.1 Å². The Morgan fingerprint density at radius 1 is 1.64 bits per heavy atom. The number of nitrogens with one attached hydrogen (secondary N) is 1. The van der Waals surface area contributed by atoms with Crippen LogP contribution in [0.3, 0.4) is 0 Å². The van der Waals surface area contributed by atoms with Gasteiger partial charge >= 0.3 is 5.97 Å². The van der Waals surface area contributed by atoms with E-state index >= 15 is 0 Å². The van der Waals surface area contributed by atoms with Gasteiger partial charge in [0.1, 0.15) is 5.69 Å². The maximum Gasteiger partial charge on any atom is 0.352 e. The summed E-state index contributed by atoms with van der Waals surface area (Å²) in [7, 11) is 0. The molecule has 2 rings (SSSR count). The summed E-state index contributed by atoms with van der Waals surface area (Å²) in [4.78, 5) is 18.5. The second kappa shape index (κ2) is 3.26. The number of rotatable bonds is 2. The van der Waals surface area contributed by atoms with Crippen LogP contribution in [-0.2, 0) is 0 Å². The molecule has 0 aliphatic carbocycles. The van der Waals surface area contributed by atoms with E-state index in [-0.39, 0.29) is 5.69 Å². The summed E-state index contributed by atoms with van der Waals surface area (Å²) in [6.45, 7) is 1.77. The van der Waals surface area contributed by atoms with E-state index in [2.05, 4.69) is 9.97 Å². The minimum absolute atomic E-state index is 0.244. The lowest BCUT2D eigenvalue weighted by Crippen LogP contribution is -1.98. The number of H-pyrrole nitrogens is 1. The Hall–Kier alpha value is -1.62. The van der Waals surface area contributed by atoms with Crippen molar-refractivity contribution in [1.82, 2.24) is 9.97 Å². The first-order chi connectivity index (χ1) is 6.68. The van der Waals surface area contributed by atoms with Crippen LogP contribution in [0.2, 0.25) is 0 Å². The third-order valence-corrected chi connectivity index (χ3v) is 2.73. The quantitative estimate of drug-likeness (QED) is 0.794. The van der Waals surface area contributed by atoms with E-state index in [4.69, 9.17) is 5.11 Å². The van der Waals surface area contributed by atoms with Gasteiger partial charge < -0.3 is 10.1 Å². The van der Waals surface area contributed by atoms with Crippen molar-refractivity contribution >= 4 is 17.3 Å². The van der Waals surface area contributed by atoms with Gasteiger partial charge in [-0.15, -0.1) is 11.3 Å². The predicted octanol–water partition coefficient (Wildman–Crippen LogP) is 2.14. The van der Waals surface area contributed by atoms with Crippen LogP contribution in [0.15, 0.2) is 17.8 Å². The number of carboxylic acid groups (broad SMARTS) is 1. The maximum atomic E-state index is 10.8. The number of aromatic amines is 1. The van der Waals surface area contributed by atoms with Crippen molar-refractivity contribution in [2.24, 2.45) is 0 Å². The smallest absolute Gasteiger partial charge is 0.352 e. The van der Waals surface area contributed by atoms with E-state index in [1.165, 1.54) is 11.3 Å². The second-order valence-corrected chi connectivity index (χ2v) is 3.80. The van der Waals surface area contributed by atoms with Gasteiger partial charge in [-0.05, 0) is 18.6 Å². The first kappa shape index (κ1) is 8.96. The molecule has 0 saturated heterocycles. The van der Waals surface area contributed by atoms with Crippen LogP contribution < -0.4 is 0 Å². The normalized spacial score (nSPS) is 10.4.